The van der Waals surface area contributed by atoms with Crippen molar-refractivity contribution < 1.29 is 4.79 Å². The Bertz CT molecular complexity index is 259. The molecule has 3 nitrogen and oxygen atoms in total. The van der Waals surface area contributed by atoms with E-state index in [1.165, 1.54) is 38.6 Å². The van der Waals surface area contributed by atoms with Crippen molar-refractivity contribution in [1.29, 1.82) is 0 Å². The highest BCUT2D eigenvalue weighted by Gasteiger charge is 2.37. The van der Waals surface area contributed by atoms with E-state index in [1.54, 1.807) is 6.92 Å². The Kier molecular flexibility index (Phi) is 3.53. The molecule has 1 aliphatic carbocycles. The number of hydrogen-bond donors (Lipinski definition) is 1. The Morgan fingerprint density at radius 3 is 2.62 bits per heavy atom. The molecule has 1 saturated carbocycles. The van der Waals surface area contributed by atoms with Crippen molar-refractivity contribution in [1.82, 2.24) is 10.2 Å². The van der Waals surface area contributed by atoms with Gasteiger partial charge >= 0.3 is 0 Å². The first-order valence-corrected chi connectivity index (χ1v) is 6.62. The van der Waals surface area contributed by atoms with Gasteiger partial charge in [0.25, 0.3) is 0 Å². The van der Waals surface area contributed by atoms with Crippen LogP contribution in [0.1, 0.15) is 52.4 Å². The zero-order valence-corrected chi connectivity index (χ0v) is 10.6. The van der Waals surface area contributed by atoms with Crippen molar-refractivity contribution in [3.63, 3.8) is 0 Å². The maximum absolute atomic E-state index is 11.1. The molecule has 0 unspecified atom stereocenters. The van der Waals surface area contributed by atoms with Crippen molar-refractivity contribution in [3.8, 4) is 0 Å². The summed E-state index contributed by atoms with van der Waals surface area (Å²) in [7, 11) is 0. The molecule has 0 aromatic rings. The van der Waals surface area contributed by atoms with Crippen LogP contribution in [0.5, 0.6) is 0 Å². The predicted octanol–water partition coefficient (Wildman–Crippen LogP) is 1.92. The molecule has 1 saturated heterocycles. The first kappa shape index (κ1) is 11.9. The Morgan fingerprint density at radius 2 is 2.00 bits per heavy atom. The van der Waals surface area contributed by atoms with Crippen LogP contribution in [0.2, 0.25) is 0 Å². The van der Waals surface area contributed by atoms with Crippen LogP contribution in [0, 0.1) is 0 Å². The second-order valence-electron chi connectivity index (χ2n) is 5.69. The molecule has 0 radical (unpaired) electrons. The Hall–Kier alpha value is -0.570. The maximum Gasteiger partial charge on any atom is 0.217 e. The Balaban J connectivity index is 1.93. The molecule has 1 heterocycles. The highest BCUT2D eigenvalue weighted by atomic mass is 16.1. The molecule has 0 spiro atoms. The van der Waals surface area contributed by atoms with Crippen LogP contribution in [0.3, 0.4) is 0 Å². The maximum atomic E-state index is 11.1. The van der Waals surface area contributed by atoms with E-state index < -0.39 is 0 Å². The lowest BCUT2D eigenvalue weighted by atomic mass is 9.93. The largest absolute Gasteiger partial charge is 0.352 e. The van der Waals surface area contributed by atoms with Gasteiger partial charge in [-0.1, -0.05) is 12.8 Å². The van der Waals surface area contributed by atoms with Gasteiger partial charge < -0.3 is 5.32 Å². The monoisotopic (exact) mass is 224 g/mol. The minimum atomic E-state index is 0.114. The molecule has 3 heteroatoms. The summed E-state index contributed by atoms with van der Waals surface area (Å²) in [4.78, 5) is 13.7. The predicted molar refractivity (Wildman–Crippen MR) is 65.3 cm³/mol. The minimum absolute atomic E-state index is 0.114. The van der Waals surface area contributed by atoms with E-state index in [1.807, 2.05) is 0 Å². The summed E-state index contributed by atoms with van der Waals surface area (Å²) in [6.07, 6.45) is 7.78. The van der Waals surface area contributed by atoms with Crippen LogP contribution in [-0.2, 0) is 4.79 Å². The molecule has 1 N–H and O–H groups in total. The van der Waals surface area contributed by atoms with Gasteiger partial charge in [0.2, 0.25) is 5.91 Å². The molecule has 0 aromatic heterocycles. The molecule has 1 amide bonds. The summed E-state index contributed by atoms with van der Waals surface area (Å²) in [5.74, 6) is 0.114. The molecule has 2 rings (SSSR count). The topological polar surface area (TPSA) is 32.3 Å². The van der Waals surface area contributed by atoms with Crippen molar-refractivity contribution in [2.45, 2.75) is 64.0 Å². The van der Waals surface area contributed by atoms with E-state index in [2.05, 4.69) is 17.1 Å². The number of hydrogen-bond acceptors (Lipinski definition) is 2. The number of carbonyl (C=O) groups excluding carboxylic acids is 1. The van der Waals surface area contributed by atoms with Gasteiger partial charge in [0.1, 0.15) is 0 Å². The fraction of sp³-hybridized carbons (Fsp3) is 0.923. The minimum Gasteiger partial charge on any atom is -0.352 e. The summed E-state index contributed by atoms with van der Waals surface area (Å²) < 4.78 is 0. The molecule has 2 fully saturated rings. The number of amides is 1. The van der Waals surface area contributed by atoms with Gasteiger partial charge in [-0.3, -0.25) is 9.69 Å². The van der Waals surface area contributed by atoms with E-state index in [0.717, 1.165) is 13.0 Å². The van der Waals surface area contributed by atoms with Crippen LogP contribution in [-0.4, -0.2) is 35.5 Å². The van der Waals surface area contributed by atoms with Gasteiger partial charge in [-0.25, -0.2) is 0 Å². The fourth-order valence-electron chi connectivity index (χ4n) is 3.33. The van der Waals surface area contributed by atoms with E-state index in [9.17, 15) is 4.79 Å². The SMILES string of the molecule is CC(=O)N[C@@H]1CCCN(C2(C)CCCC2)C1. The van der Waals surface area contributed by atoms with Gasteiger partial charge in [-0.05, 0) is 39.2 Å². The van der Waals surface area contributed by atoms with Gasteiger partial charge in [0, 0.05) is 25.0 Å². The Labute approximate surface area is 98.6 Å². The fourth-order valence-corrected chi connectivity index (χ4v) is 3.33. The second-order valence-corrected chi connectivity index (χ2v) is 5.69. The first-order chi connectivity index (χ1) is 7.60. The van der Waals surface area contributed by atoms with E-state index in [-0.39, 0.29) is 5.91 Å². The lowest BCUT2D eigenvalue weighted by Gasteiger charge is -2.43. The molecule has 92 valence electrons. The molecule has 1 aliphatic heterocycles. The Morgan fingerprint density at radius 1 is 1.31 bits per heavy atom. The summed E-state index contributed by atoms with van der Waals surface area (Å²) in [5, 5.41) is 3.07. The summed E-state index contributed by atoms with van der Waals surface area (Å²) in [6, 6.07) is 0.378. The standard InChI is InChI=1S/C13H24N2O/c1-11(16)14-12-6-5-9-15(10-12)13(2)7-3-4-8-13/h12H,3-10H2,1-2H3,(H,14,16)/t12-/m1/s1. The van der Waals surface area contributed by atoms with Crippen molar-refractivity contribution in [2.75, 3.05) is 13.1 Å². The molecular weight excluding hydrogens is 200 g/mol. The average Bonchev–Trinajstić information content (AvgIpc) is 2.66. The van der Waals surface area contributed by atoms with Gasteiger partial charge in [0.15, 0.2) is 0 Å². The van der Waals surface area contributed by atoms with Gasteiger partial charge in [-0.15, -0.1) is 0 Å². The van der Waals surface area contributed by atoms with Crippen LogP contribution in [0.4, 0.5) is 0 Å². The van der Waals surface area contributed by atoms with Crippen molar-refractivity contribution in [2.24, 2.45) is 0 Å². The lowest BCUT2D eigenvalue weighted by Crippen LogP contribution is -2.54. The van der Waals surface area contributed by atoms with Crippen molar-refractivity contribution in [3.05, 3.63) is 0 Å². The van der Waals surface area contributed by atoms with Crippen LogP contribution < -0.4 is 5.32 Å². The molecule has 0 bridgehead atoms. The third-order valence-corrected chi connectivity index (χ3v) is 4.27. The van der Waals surface area contributed by atoms with E-state index >= 15 is 0 Å². The number of carbonyl (C=O) groups is 1. The third-order valence-electron chi connectivity index (χ3n) is 4.27. The van der Waals surface area contributed by atoms with Crippen LogP contribution >= 0.6 is 0 Å². The summed E-state index contributed by atoms with van der Waals surface area (Å²) in [6.45, 7) is 6.29. The molecular formula is C13H24N2O. The van der Waals surface area contributed by atoms with Gasteiger partial charge in [-0.2, -0.15) is 0 Å². The molecule has 1 atom stereocenters. The zero-order valence-electron chi connectivity index (χ0n) is 10.6. The zero-order chi connectivity index (χ0) is 11.6. The third kappa shape index (κ3) is 2.57. The molecule has 16 heavy (non-hydrogen) atoms. The lowest BCUT2D eigenvalue weighted by molar-refractivity contribution is -0.120. The first-order valence-electron chi connectivity index (χ1n) is 6.62. The normalized spacial score (nSPS) is 30.2. The number of nitrogens with one attached hydrogen (secondary N) is 1. The highest BCUT2D eigenvalue weighted by Crippen LogP contribution is 2.36. The van der Waals surface area contributed by atoms with E-state index in [0.29, 0.717) is 11.6 Å². The number of nitrogens with zero attached hydrogens (tertiary/aromatic N) is 1. The van der Waals surface area contributed by atoms with Crippen molar-refractivity contribution >= 4 is 5.91 Å². The number of piperidine rings is 1. The number of likely N-dealkylation sites (tertiary alicyclic amines) is 1. The summed E-state index contributed by atoms with van der Waals surface area (Å²) in [5.41, 5.74) is 0.414. The number of rotatable bonds is 2. The molecule has 0 aromatic carbocycles. The highest BCUT2D eigenvalue weighted by molar-refractivity contribution is 5.73. The smallest absolute Gasteiger partial charge is 0.217 e. The quantitative estimate of drug-likeness (QED) is 0.777. The van der Waals surface area contributed by atoms with Crippen LogP contribution in [0.15, 0.2) is 0 Å². The van der Waals surface area contributed by atoms with E-state index in [4.69, 9.17) is 0 Å². The summed E-state index contributed by atoms with van der Waals surface area (Å²) >= 11 is 0. The average molecular weight is 224 g/mol. The van der Waals surface area contributed by atoms with Gasteiger partial charge in [0.05, 0.1) is 0 Å². The molecule has 2 aliphatic rings. The second kappa shape index (κ2) is 4.74. The van der Waals surface area contributed by atoms with Crippen LogP contribution in [0.25, 0.3) is 0 Å².